The lowest BCUT2D eigenvalue weighted by atomic mass is 9.53. The van der Waals surface area contributed by atoms with E-state index in [4.69, 9.17) is 4.74 Å². The first-order valence-electron chi connectivity index (χ1n) is 7.99. The lowest BCUT2D eigenvalue weighted by molar-refractivity contribution is -0.0206. The van der Waals surface area contributed by atoms with Crippen molar-refractivity contribution in [3.8, 4) is 5.88 Å². The molecule has 1 aromatic rings. The average molecular weight is 272 g/mol. The topological polar surface area (TPSA) is 34.1 Å². The van der Waals surface area contributed by atoms with Gasteiger partial charge in [0.15, 0.2) is 0 Å². The molecule has 0 amide bonds. The lowest BCUT2D eigenvalue weighted by Gasteiger charge is -2.57. The van der Waals surface area contributed by atoms with Gasteiger partial charge in [0.05, 0.1) is 7.11 Å². The van der Waals surface area contributed by atoms with Crippen LogP contribution in [-0.2, 0) is 6.54 Å². The summed E-state index contributed by atoms with van der Waals surface area (Å²) in [4.78, 5) is 4.30. The Labute approximate surface area is 121 Å². The van der Waals surface area contributed by atoms with Crippen LogP contribution in [0, 0.1) is 17.8 Å². The van der Waals surface area contributed by atoms with Crippen molar-refractivity contribution < 1.29 is 4.74 Å². The number of nitrogens with one attached hydrogen (secondary N) is 1. The van der Waals surface area contributed by atoms with Gasteiger partial charge < -0.3 is 10.1 Å². The normalized spacial score (nSPS) is 38.1. The Balaban J connectivity index is 1.43. The number of methoxy groups -OCH3 is 1. The standard InChI is InChI=1S/C17H24N2O/c1-20-16-3-2-12(10-18-16)11-19-17-7-13-4-14(8-17)6-15(5-13)9-17/h2-3,10,13-15,19H,4-9,11H2,1H3. The van der Waals surface area contributed by atoms with Gasteiger partial charge >= 0.3 is 0 Å². The highest BCUT2D eigenvalue weighted by Crippen LogP contribution is 2.55. The van der Waals surface area contributed by atoms with Gasteiger partial charge in [-0.3, -0.25) is 0 Å². The molecule has 3 nitrogen and oxygen atoms in total. The van der Waals surface area contributed by atoms with Gasteiger partial charge in [-0.2, -0.15) is 0 Å². The molecular weight excluding hydrogens is 248 g/mol. The lowest BCUT2D eigenvalue weighted by Crippen LogP contribution is -2.58. The molecule has 108 valence electrons. The molecule has 1 heterocycles. The van der Waals surface area contributed by atoms with Crippen LogP contribution in [0.1, 0.15) is 44.1 Å². The fourth-order valence-electron chi connectivity index (χ4n) is 5.25. The monoisotopic (exact) mass is 272 g/mol. The molecule has 0 radical (unpaired) electrons. The molecule has 20 heavy (non-hydrogen) atoms. The van der Waals surface area contributed by atoms with E-state index < -0.39 is 0 Å². The van der Waals surface area contributed by atoms with Crippen molar-refractivity contribution in [2.24, 2.45) is 17.8 Å². The van der Waals surface area contributed by atoms with Crippen LogP contribution in [-0.4, -0.2) is 17.6 Å². The van der Waals surface area contributed by atoms with Crippen molar-refractivity contribution in [2.45, 2.75) is 50.6 Å². The second-order valence-electron chi connectivity index (χ2n) is 7.26. The summed E-state index contributed by atoms with van der Waals surface area (Å²) in [6.45, 7) is 0.948. The first-order chi connectivity index (χ1) is 9.75. The zero-order chi connectivity index (χ0) is 13.6. The number of ether oxygens (including phenoxy) is 1. The van der Waals surface area contributed by atoms with Crippen LogP contribution in [0.25, 0.3) is 0 Å². The summed E-state index contributed by atoms with van der Waals surface area (Å²) in [5, 5.41) is 3.90. The van der Waals surface area contributed by atoms with Crippen LogP contribution in [0.3, 0.4) is 0 Å². The smallest absolute Gasteiger partial charge is 0.212 e. The highest BCUT2D eigenvalue weighted by Gasteiger charge is 2.50. The van der Waals surface area contributed by atoms with Gasteiger partial charge in [0, 0.05) is 24.3 Å². The van der Waals surface area contributed by atoms with E-state index in [-0.39, 0.29) is 0 Å². The van der Waals surface area contributed by atoms with Crippen molar-refractivity contribution in [3.63, 3.8) is 0 Å². The summed E-state index contributed by atoms with van der Waals surface area (Å²) < 4.78 is 5.12. The third-order valence-electron chi connectivity index (χ3n) is 5.71. The Kier molecular flexibility index (Phi) is 2.99. The highest BCUT2D eigenvalue weighted by atomic mass is 16.5. The summed E-state index contributed by atoms with van der Waals surface area (Å²) in [6.07, 6.45) is 10.7. The number of hydrogen-bond donors (Lipinski definition) is 1. The molecule has 4 bridgehead atoms. The fraction of sp³-hybridized carbons (Fsp3) is 0.706. The van der Waals surface area contributed by atoms with Gasteiger partial charge in [0.25, 0.3) is 0 Å². The van der Waals surface area contributed by atoms with Crippen LogP contribution in [0.2, 0.25) is 0 Å². The van der Waals surface area contributed by atoms with E-state index in [9.17, 15) is 0 Å². The Hall–Kier alpha value is -1.09. The van der Waals surface area contributed by atoms with E-state index in [1.54, 1.807) is 7.11 Å². The van der Waals surface area contributed by atoms with E-state index in [2.05, 4.69) is 16.4 Å². The first-order valence-corrected chi connectivity index (χ1v) is 7.99. The summed E-state index contributed by atoms with van der Waals surface area (Å²) in [6, 6.07) is 4.08. The molecule has 0 saturated heterocycles. The van der Waals surface area contributed by atoms with E-state index in [0.717, 1.165) is 24.3 Å². The highest BCUT2D eigenvalue weighted by molar-refractivity contribution is 5.18. The molecule has 0 spiro atoms. The largest absolute Gasteiger partial charge is 0.481 e. The van der Waals surface area contributed by atoms with Crippen LogP contribution in [0.5, 0.6) is 5.88 Å². The van der Waals surface area contributed by atoms with E-state index >= 15 is 0 Å². The number of rotatable bonds is 4. The molecule has 5 rings (SSSR count). The summed E-state index contributed by atoms with van der Waals surface area (Å²) in [7, 11) is 1.66. The summed E-state index contributed by atoms with van der Waals surface area (Å²) >= 11 is 0. The number of pyridine rings is 1. The molecule has 4 aliphatic rings. The minimum absolute atomic E-state index is 0.439. The predicted octanol–water partition coefficient (Wildman–Crippen LogP) is 3.15. The number of hydrogen-bond acceptors (Lipinski definition) is 3. The first kappa shape index (κ1) is 12.6. The van der Waals surface area contributed by atoms with Gasteiger partial charge in [-0.25, -0.2) is 4.98 Å². The minimum Gasteiger partial charge on any atom is -0.481 e. The molecule has 0 aromatic carbocycles. The molecule has 4 saturated carbocycles. The maximum absolute atomic E-state index is 5.12. The fourth-order valence-corrected chi connectivity index (χ4v) is 5.25. The van der Waals surface area contributed by atoms with Crippen molar-refractivity contribution in [2.75, 3.05) is 7.11 Å². The molecular formula is C17H24N2O. The molecule has 4 aliphatic carbocycles. The molecule has 3 heteroatoms. The SMILES string of the molecule is COc1ccc(CNC23CC4CC(CC(C4)C2)C3)cn1. The van der Waals surface area contributed by atoms with Gasteiger partial charge in [-0.1, -0.05) is 6.07 Å². The van der Waals surface area contributed by atoms with Crippen LogP contribution >= 0.6 is 0 Å². The van der Waals surface area contributed by atoms with Crippen molar-refractivity contribution in [1.29, 1.82) is 0 Å². The Morgan fingerprint density at radius 1 is 1.15 bits per heavy atom. The van der Waals surface area contributed by atoms with Gasteiger partial charge in [-0.15, -0.1) is 0 Å². The third kappa shape index (κ3) is 2.22. The quantitative estimate of drug-likeness (QED) is 0.914. The van der Waals surface area contributed by atoms with Gasteiger partial charge in [0.1, 0.15) is 0 Å². The summed E-state index contributed by atoms with van der Waals surface area (Å²) in [5.74, 6) is 3.71. The zero-order valence-corrected chi connectivity index (χ0v) is 12.3. The maximum Gasteiger partial charge on any atom is 0.212 e. The van der Waals surface area contributed by atoms with Crippen LogP contribution in [0.4, 0.5) is 0 Å². The molecule has 0 unspecified atom stereocenters. The molecule has 1 aromatic heterocycles. The van der Waals surface area contributed by atoms with Crippen molar-refractivity contribution in [1.82, 2.24) is 10.3 Å². The second kappa shape index (κ2) is 4.73. The van der Waals surface area contributed by atoms with Gasteiger partial charge in [-0.05, 0) is 61.8 Å². The predicted molar refractivity (Wildman–Crippen MR) is 78.5 cm³/mol. The second-order valence-corrected chi connectivity index (χ2v) is 7.26. The Bertz CT molecular complexity index is 447. The number of nitrogens with zero attached hydrogens (tertiary/aromatic N) is 1. The van der Waals surface area contributed by atoms with Crippen LogP contribution in [0.15, 0.2) is 18.3 Å². The van der Waals surface area contributed by atoms with Gasteiger partial charge in [0.2, 0.25) is 5.88 Å². The number of aromatic nitrogens is 1. The zero-order valence-electron chi connectivity index (χ0n) is 12.3. The van der Waals surface area contributed by atoms with E-state index in [0.29, 0.717) is 11.4 Å². The molecule has 0 aliphatic heterocycles. The Morgan fingerprint density at radius 2 is 1.80 bits per heavy atom. The third-order valence-corrected chi connectivity index (χ3v) is 5.71. The minimum atomic E-state index is 0.439. The maximum atomic E-state index is 5.12. The molecule has 1 N–H and O–H groups in total. The van der Waals surface area contributed by atoms with Crippen molar-refractivity contribution in [3.05, 3.63) is 23.9 Å². The van der Waals surface area contributed by atoms with Crippen LogP contribution < -0.4 is 10.1 Å². The average Bonchev–Trinajstić information content (AvgIpc) is 2.44. The van der Waals surface area contributed by atoms with Crippen molar-refractivity contribution >= 4 is 0 Å². The molecule has 4 fully saturated rings. The van der Waals surface area contributed by atoms with E-state index in [1.165, 1.54) is 44.1 Å². The Morgan fingerprint density at radius 3 is 2.30 bits per heavy atom. The van der Waals surface area contributed by atoms with E-state index in [1.807, 2.05) is 12.3 Å². The molecule has 0 atom stereocenters. The summed E-state index contributed by atoms with van der Waals surface area (Å²) in [5.41, 5.74) is 1.70.